The molecule has 0 radical (unpaired) electrons. The van der Waals surface area contributed by atoms with Gasteiger partial charge < -0.3 is 9.64 Å². The molecular weight excluding hydrogens is 327 g/mol. The summed E-state index contributed by atoms with van der Waals surface area (Å²) < 4.78 is 19.5. The summed E-state index contributed by atoms with van der Waals surface area (Å²) in [4.78, 5) is 24.7. The number of carbonyl (C=O) groups is 1. The average molecular weight is 344 g/mol. The van der Waals surface area contributed by atoms with E-state index in [0.29, 0.717) is 24.3 Å². The average Bonchev–Trinajstić information content (AvgIpc) is 2.62. The molecule has 2 aromatic rings. The summed E-state index contributed by atoms with van der Waals surface area (Å²) in [6.07, 6.45) is -0.606. The molecule has 1 heterocycles. The molecule has 0 aliphatic carbocycles. The van der Waals surface area contributed by atoms with Gasteiger partial charge in [0.25, 0.3) is 5.69 Å². The highest BCUT2D eigenvalue weighted by Gasteiger charge is 2.28. The molecule has 1 aliphatic rings. The van der Waals surface area contributed by atoms with Crippen molar-refractivity contribution in [2.24, 2.45) is 0 Å². The van der Waals surface area contributed by atoms with Crippen molar-refractivity contribution in [3.8, 4) is 0 Å². The molecule has 6 nitrogen and oxygen atoms in total. The number of para-hydroxylation sites is 1. The molecule has 3 rings (SSSR count). The highest BCUT2D eigenvalue weighted by molar-refractivity contribution is 5.80. The number of halogens is 1. The maximum Gasteiger partial charge on any atom is 0.273 e. The van der Waals surface area contributed by atoms with Crippen molar-refractivity contribution in [2.75, 3.05) is 19.7 Å². The largest absolute Gasteiger partial charge is 0.370 e. The summed E-state index contributed by atoms with van der Waals surface area (Å²) in [5.41, 5.74) is 0.701. The summed E-state index contributed by atoms with van der Waals surface area (Å²) in [5, 5.41) is 11.1. The van der Waals surface area contributed by atoms with Gasteiger partial charge in [0.1, 0.15) is 11.9 Å². The number of nitro groups is 1. The molecule has 2 aromatic carbocycles. The van der Waals surface area contributed by atoms with Crippen LogP contribution in [0.4, 0.5) is 10.1 Å². The normalized spacial score (nSPS) is 17.3. The van der Waals surface area contributed by atoms with Gasteiger partial charge in [-0.3, -0.25) is 14.9 Å². The molecule has 1 atom stereocenters. The second-order valence-electron chi connectivity index (χ2n) is 5.78. The summed E-state index contributed by atoms with van der Waals surface area (Å²) in [7, 11) is 0. The van der Waals surface area contributed by atoms with Gasteiger partial charge in [0.2, 0.25) is 5.91 Å². The first-order chi connectivity index (χ1) is 12.1. The number of carbonyl (C=O) groups excluding carboxylic acids is 1. The molecule has 0 N–H and O–H groups in total. The molecule has 1 saturated heterocycles. The van der Waals surface area contributed by atoms with Crippen LogP contribution in [-0.2, 0) is 16.0 Å². The van der Waals surface area contributed by atoms with E-state index in [4.69, 9.17) is 4.74 Å². The van der Waals surface area contributed by atoms with E-state index in [9.17, 15) is 19.3 Å². The topological polar surface area (TPSA) is 72.7 Å². The lowest BCUT2D eigenvalue weighted by atomic mass is 10.1. The summed E-state index contributed by atoms with van der Waals surface area (Å²) in [5.74, 6) is -0.612. The Kier molecular flexibility index (Phi) is 5.04. The van der Waals surface area contributed by atoms with Crippen molar-refractivity contribution in [2.45, 2.75) is 12.5 Å². The number of nitrogens with zero attached hydrogens (tertiary/aromatic N) is 2. The van der Waals surface area contributed by atoms with Crippen LogP contribution in [0.1, 0.15) is 17.2 Å². The van der Waals surface area contributed by atoms with Crippen LogP contribution in [0.25, 0.3) is 0 Å². The van der Waals surface area contributed by atoms with Gasteiger partial charge in [-0.1, -0.05) is 36.4 Å². The fourth-order valence-corrected chi connectivity index (χ4v) is 2.91. The first-order valence-corrected chi connectivity index (χ1v) is 7.92. The second kappa shape index (κ2) is 7.40. The maximum absolute atomic E-state index is 13.9. The maximum atomic E-state index is 13.9. The van der Waals surface area contributed by atoms with E-state index < -0.39 is 11.0 Å². The van der Waals surface area contributed by atoms with Crippen molar-refractivity contribution >= 4 is 11.6 Å². The molecule has 0 saturated carbocycles. The highest BCUT2D eigenvalue weighted by Crippen LogP contribution is 2.25. The third-order valence-corrected chi connectivity index (χ3v) is 4.20. The Morgan fingerprint density at radius 3 is 2.72 bits per heavy atom. The monoisotopic (exact) mass is 344 g/mol. The van der Waals surface area contributed by atoms with Crippen LogP contribution in [0.5, 0.6) is 0 Å². The van der Waals surface area contributed by atoms with Crippen molar-refractivity contribution < 1.29 is 18.8 Å². The fraction of sp³-hybridized carbons (Fsp3) is 0.278. The smallest absolute Gasteiger partial charge is 0.273 e. The van der Waals surface area contributed by atoms with Crippen LogP contribution in [0.2, 0.25) is 0 Å². The van der Waals surface area contributed by atoms with E-state index >= 15 is 0 Å². The number of benzene rings is 2. The number of amides is 1. The Morgan fingerprint density at radius 1 is 1.24 bits per heavy atom. The van der Waals surface area contributed by atoms with E-state index in [1.54, 1.807) is 41.3 Å². The van der Waals surface area contributed by atoms with Crippen LogP contribution in [0, 0.1) is 15.9 Å². The zero-order valence-electron chi connectivity index (χ0n) is 13.4. The molecule has 1 fully saturated rings. The number of hydrogen-bond acceptors (Lipinski definition) is 4. The van der Waals surface area contributed by atoms with E-state index in [-0.39, 0.29) is 30.4 Å². The number of rotatable bonds is 4. The third kappa shape index (κ3) is 3.83. The Labute approximate surface area is 144 Å². The second-order valence-corrected chi connectivity index (χ2v) is 5.78. The lowest BCUT2D eigenvalue weighted by Crippen LogP contribution is -2.43. The quantitative estimate of drug-likeness (QED) is 0.631. The molecule has 0 aromatic heterocycles. The standard InChI is InChI=1S/C18H17FN2O4/c19-15-7-3-2-6-14(15)17-12-20(9-10-25-17)18(22)11-13-5-1-4-8-16(13)21(23)24/h1-8,17H,9-12H2. The van der Waals surface area contributed by atoms with Crippen LogP contribution in [0.15, 0.2) is 48.5 Å². The molecule has 7 heteroatoms. The zero-order valence-corrected chi connectivity index (χ0v) is 13.4. The van der Waals surface area contributed by atoms with Gasteiger partial charge in [-0.15, -0.1) is 0 Å². The van der Waals surface area contributed by atoms with Crippen LogP contribution < -0.4 is 0 Å². The molecule has 25 heavy (non-hydrogen) atoms. The van der Waals surface area contributed by atoms with Crippen LogP contribution in [0.3, 0.4) is 0 Å². The predicted octanol–water partition coefficient (Wildman–Crippen LogP) is 2.88. The zero-order chi connectivity index (χ0) is 17.8. The van der Waals surface area contributed by atoms with Gasteiger partial charge >= 0.3 is 0 Å². The van der Waals surface area contributed by atoms with Crippen molar-refractivity contribution in [1.82, 2.24) is 4.90 Å². The first kappa shape index (κ1) is 17.0. The predicted molar refractivity (Wildman–Crippen MR) is 88.5 cm³/mol. The van der Waals surface area contributed by atoms with Crippen LogP contribution in [-0.4, -0.2) is 35.4 Å². The molecule has 1 aliphatic heterocycles. The van der Waals surface area contributed by atoms with Crippen molar-refractivity contribution in [3.05, 3.63) is 75.6 Å². The minimum atomic E-state index is -0.537. The number of hydrogen-bond donors (Lipinski definition) is 0. The van der Waals surface area contributed by atoms with Gasteiger partial charge in [0.15, 0.2) is 0 Å². The Balaban J connectivity index is 1.73. The van der Waals surface area contributed by atoms with Gasteiger partial charge in [-0.05, 0) is 6.07 Å². The molecule has 1 unspecified atom stereocenters. The van der Waals surface area contributed by atoms with Gasteiger partial charge in [0, 0.05) is 23.7 Å². The first-order valence-electron chi connectivity index (χ1n) is 7.92. The number of nitro benzene ring substituents is 1. The van der Waals surface area contributed by atoms with Crippen molar-refractivity contribution in [1.29, 1.82) is 0 Å². The van der Waals surface area contributed by atoms with Crippen LogP contribution >= 0.6 is 0 Å². The van der Waals surface area contributed by atoms with Gasteiger partial charge in [-0.2, -0.15) is 0 Å². The lowest BCUT2D eigenvalue weighted by Gasteiger charge is -2.33. The molecule has 0 bridgehead atoms. The molecule has 0 spiro atoms. The highest BCUT2D eigenvalue weighted by atomic mass is 19.1. The molecular formula is C18H17FN2O4. The Hall–Kier alpha value is -2.80. The van der Waals surface area contributed by atoms with Crippen molar-refractivity contribution in [3.63, 3.8) is 0 Å². The SMILES string of the molecule is O=C(Cc1ccccc1[N+](=O)[O-])N1CCOC(c2ccccc2F)C1. The Bertz CT molecular complexity index is 796. The minimum absolute atomic E-state index is 0.0683. The minimum Gasteiger partial charge on any atom is -0.370 e. The number of morpholine rings is 1. The summed E-state index contributed by atoms with van der Waals surface area (Å²) >= 11 is 0. The van der Waals surface area contributed by atoms with E-state index in [2.05, 4.69) is 0 Å². The van der Waals surface area contributed by atoms with E-state index in [0.717, 1.165) is 0 Å². The fourth-order valence-electron chi connectivity index (χ4n) is 2.91. The Morgan fingerprint density at radius 2 is 1.96 bits per heavy atom. The summed E-state index contributed by atoms with van der Waals surface area (Å²) in [6.45, 7) is 0.895. The third-order valence-electron chi connectivity index (χ3n) is 4.20. The van der Waals surface area contributed by atoms with Gasteiger partial charge in [0.05, 0.1) is 24.5 Å². The molecule has 1 amide bonds. The molecule has 130 valence electrons. The summed E-state index contributed by atoms with van der Waals surface area (Å²) in [6, 6.07) is 12.5. The lowest BCUT2D eigenvalue weighted by molar-refractivity contribution is -0.385. The van der Waals surface area contributed by atoms with E-state index in [1.807, 2.05) is 0 Å². The van der Waals surface area contributed by atoms with E-state index in [1.165, 1.54) is 12.1 Å². The number of ether oxygens (including phenoxy) is 1. The van der Waals surface area contributed by atoms with Gasteiger partial charge in [-0.25, -0.2) is 4.39 Å².